The number of amides is 1. The molecule has 2 aromatic rings. The molecule has 0 N–H and O–H groups in total. The number of morpholine rings is 1. The van der Waals surface area contributed by atoms with Gasteiger partial charge in [-0.1, -0.05) is 28.1 Å². The molecule has 0 spiro atoms. The van der Waals surface area contributed by atoms with Crippen LogP contribution in [0.15, 0.2) is 50.9 Å². The van der Waals surface area contributed by atoms with E-state index in [0.29, 0.717) is 37.8 Å². The molecule has 2 heterocycles. The molecule has 1 saturated heterocycles. The SMILES string of the molecule is N#CC(=Cc1ccc(-c2ccc(Br)cc2)o1)C(=O)N1CCOCC1. The maximum atomic E-state index is 12.4. The van der Waals surface area contributed by atoms with Crippen LogP contribution in [0.4, 0.5) is 0 Å². The molecule has 1 amide bonds. The molecule has 0 radical (unpaired) electrons. The van der Waals surface area contributed by atoms with Gasteiger partial charge < -0.3 is 14.1 Å². The molecule has 3 rings (SSSR count). The van der Waals surface area contributed by atoms with Crippen LogP contribution in [-0.4, -0.2) is 37.1 Å². The van der Waals surface area contributed by atoms with Gasteiger partial charge in [0.25, 0.3) is 5.91 Å². The van der Waals surface area contributed by atoms with Crippen molar-refractivity contribution in [1.82, 2.24) is 4.90 Å². The van der Waals surface area contributed by atoms with E-state index in [1.165, 1.54) is 6.08 Å². The maximum absolute atomic E-state index is 12.4. The first-order valence-corrected chi connectivity index (χ1v) is 8.31. The van der Waals surface area contributed by atoms with Gasteiger partial charge in [-0.2, -0.15) is 5.26 Å². The lowest BCUT2D eigenvalue weighted by Gasteiger charge is -2.26. The Morgan fingerprint density at radius 3 is 2.54 bits per heavy atom. The van der Waals surface area contributed by atoms with Gasteiger partial charge in [0.2, 0.25) is 0 Å². The molecule has 6 heteroatoms. The van der Waals surface area contributed by atoms with Crippen LogP contribution in [0.2, 0.25) is 0 Å². The fourth-order valence-electron chi connectivity index (χ4n) is 2.42. The fourth-order valence-corrected chi connectivity index (χ4v) is 2.68. The first-order chi connectivity index (χ1) is 11.7. The van der Waals surface area contributed by atoms with Crippen LogP contribution in [0.1, 0.15) is 5.76 Å². The zero-order valence-corrected chi connectivity index (χ0v) is 14.5. The normalized spacial score (nSPS) is 15.2. The van der Waals surface area contributed by atoms with Gasteiger partial charge in [-0.25, -0.2) is 0 Å². The number of halogens is 1. The Labute approximate surface area is 148 Å². The summed E-state index contributed by atoms with van der Waals surface area (Å²) in [5, 5.41) is 9.30. The van der Waals surface area contributed by atoms with Crippen molar-refractivity contribution in [1.29, 1.82) is 5.26 Å². The van der Waals surface area contributed by atoms with Gasteiger partial charge in [0.15, 0.2) is 0 Å². The molecule has 0 atom stereocenters. The summed E-state index contributed by atoms with van der Waals surface area (Å²) in [7, 11) is 0. The van der Waals surface area contributed by atoms with Crippen molar-refractivity contribution in [3.63, 3.8) is 0 Å². The first-order valence-electron chi connectivity index (χ1n) is 7.52. The average molecular weight is 387 g/mol. The van der Waals surface area contributed by atoms with Crippen LogP contribution >= 0.6 is 15.9 Å². The van der Waals surface area contributed by atoms with Crippen molar-refractivity contribution in [2.24, 2.45) is 0 Å². The van der Waals surface area contributed by atoms with Crippen molar-refractivity contribution in [2.75, 3.05) is 26.3 Å². The molecular formula is C18H15BrN2O3. The van der Waals surface area contributed by atoms with E-state index < -0.39 is 0 Å². The number of furan rings is 1. The molecule has 0 aliphatic carbocycles. The summed E-state index contributed by atoms with van der Waals surface area (Å²) in [6, 6.07) is 13.3. The van der Waals surface area contributed by atoms with Crippen molar-refractivity contribution >= 4 is 27.9 Å². The van der Waals surface area contributed by atoms with E-state index in [-0.39, 0.29) is 11.5 Å². The van der Waals surface area contributed by atoms with E-state index >= 15 is 0 Å². The average Bonchev–Trinajstić information content (AvgIpc) is 3.09. The summed E-state index contributed by atoms with van der Waals surface area (Å²) in [5.41, 5.74) is 0.990. The number of nitriles is 1. The summed E-state index contributed by atoms with van der Waals surface area (Å²) in [5.74, 6) is 0.873. The van der Waals surface area contributed by atoms with Gasteiger partial charge in [0.05, 0.1) is 13.2 Å². The van der Waals surface area contributed by atoms with Crippen molar-refractivity contribution in [3.8, 4) is 17.4 Å². The van der Waals surface area contributed by atoms with Crippen molar-refractivity contribution < 1.29 is 13.9 Å². The van der Waals surface area contributed by atoms with E-state index in [9.17, 15) is 10.1 Å². The molecule has 0 bridgehead atoms. The highest BCUT2D eigenvalue weighted by Gasteiger charge is 2.21. The second-order valence-corrected chi connectivity index (χ2v) is 6.20. The van der Waals surface area contributed by atoms with Crippen LogP contribution in [-0.2, 0) is 9.53 Å². The number of ether oxygens (including phenoxy) is 1. The second-order valence-electron chi connectivity index (χ2n) is 5.28. The molecule has 0 saturated carbocycles. The molecular weight excluding hydrogens is 372 g/mol. The lowest BCUT2D eigenvalue weighted by molar-refractivity contribution is -0.130. The summed E-state index contributed by atoms with van der Waals surface area (Å²) >= 11 is 3.39. The lowest BCUT2D eigenvalue weighted by atomic mass is 10.2. The molecule has 0 unspecified atom stereocenters. The Kier molecular flexibility index (Phi) is 5.14. The molecule has 1 fully saturated rings. The highest BCUT2D eigenvalue weighted by molar-refractivity contribution is 9.10. The third kappa shape index (κ3) is 3.75. The monoisotopic (exact) mass is 386 g/mol. The van der Waals surface area contributed by atoms with E-state index in [4.69, 9.17) is 9.15 Å². The number of benzene rings is 1. The minimum absolute atomic E-state index is 0.0635. The van der Waals surface area contributed by atoms with Crippen LogP contribution in [0.3, 0.4) is 0 Å². The predicted octanol–water partition coefficient (Wildman–Crippen LogP) is 3.47. The van der Waals surface area contributed by atoms with Gasteiger partial charge in [0.1, 0.15) is 23.2 Å². The minimum Gasteiger partial charge on any atom is -0.457 e. The standard InChI is InChI=1S/C18H15BrN2O3/c19-15-3-1-13(2-4-15)17-6-5-16(24-17)11-14(12-20)18(22)21-7-9-23-10-8-21/h1-6,11H,7-10H2. The van der Waals surface area contributed by atoms with Crippen LogP contribution in [0.25, 0.3) is 17.4 Å². The Morgan fingerprint density at radius 2 is 1.88 bits per heavy atom. The van der Waals surface area contributed by atoms with Crippen LogP contribution < -0.4 is 0 Å². The van der Waals surface area contributed by atoms with Crippen molar-refractivity contribution in [3.05, 3.63) is 52.2 Å². The van der Waals surface area contributed by atoms with Crippen molar-refractivity contribution in [2.45, 2.75) is 0 Å². The zero-order valence-electron chi connectivity index (χ0n) is 12.9. The molecule has 24 heavy (non-hydrogen) atoms. The van der Waals surface area contributed by atoms with Gasteiger partial charge in [-0.3, -0.25) is 4.79 Å². The molecule has 5 nitrogen and oxygen atoms in total. The number of carbonyl (C=O) groups is 1. The predicted molar refractivity (Wildman–Crippen MR) is 92.8 cm³/mol. The Morgan fingerprint density at radius 1 is 1.17 bits per heavy atom. The zero-order chi connectivity index (χ0) is 16.9. The summed E-state index contributed by atoms with van der Waals surface area (Å²) in [6.45, 7) is 2.00. The molecule has 1 aliphatic heterocycles. The molecule has 1 aliphatic rings. The third-order valence-corrected chi connectivity index (χ3v) is 4.22. The second kappa shape index (κ2) is 7.47. The molecule has 1 aromatic heterocycles. The summed E-state index contributed by atoms with van der Waals surface area (Å²) < 4.78 is 12.0. The smallest absolute Gasteiger partial charge is 0.264 e. The number of carbonyl (C=O) groups excluding carboxylic acids is 1. The summed E-state index contributed by atoms with van der Waals surface area (Å²) in [4.78, 5) is 14.0. The lowest BCUT2D eigenvalue weighted by Crippen LogP contribution is -2.41. The van der Waals surface area contributed by atoms with E-state index in [1.807, 2.05) is 36.4 Å². The van der Waals surface area contributed by atoms with Gasteiger partial charge in [-0.05, 0) is 24.3 Å². The minimum atomic E-state index is -0.289. The quantitative estimate of drug-likeness (QED) is 0.598. The fraction of sp³-hybridized carbons (Fsp3) is 0.222. The Hall–Kier alpha value is -2.36. The largest absolute Gasteiger partial charge is 0.457 e. The number of hydrogen-bond donors (Lipinski definition) is 0. The number of rotatable bonds is 3. The number of nitrogens with zero attached hydrogens (tertiary/aromatic N) is 2. The maximum Gasteiger partial charge on any atom is 0.264 e. The topological polar surface area (TPSA) is 66.5 Å². The highest BCUT2D eigenvalue weighted by atomic mass is 79.9. The first kappa shape index (κ1) is 16.5. The summed E-state index contributed by atoms with van der Waals surface area (Å²) in [6.07, 6.45) is 1.49. The third-order valence-electron chi connectivity index (χ3n) is 3.69. The van der Waals surface area contributed by atoms with E-state index in [2.05, 4.69) is 15.9 Å². The Balaban J connectivity index is 1.80. The van der Waals surface area contributed by atoms with Crippen LogP contribution in [0.5, 0.6) is 0 Å². The van der Waals surface area contributed by atoms with Crippen LogP contribution in [0, 0.1) is 11.3 Å². The molecule has 122 valence electrons. The molecule has 1 aromatic carbocycles. The van der Waals surface area contributed by atoms with Gasteiger partial charge in [0, 0.05) is 29.2 Å². The Bertz CT molecular complexity index is 796. The van der Waals surface area contributed by atoms with E-state index in [1.54, 1.807) is 11.0 Å². The van der Waals surface area contributed by atoms with Gasteiger partial charge in [-0.15, -0.1) is 0 Å². The number of hydrogen-bond acceptors (Lipinski definition) is 4. The van der Waals surface area contributed by atoms with E-state index in [0.717, 1.165) is 10.0 Å². The highest BCUT2D eigenvalue weighted by Crippen LogP contribution is 2.25. The van der Waals surface area contributed by atoms with Gasteiger partial charge >= 0.3 is 0 Å².